The molecule has 0 unspecified atom stereocenters. The van der Waals surface area contributed by atoms with Gasteiger partial charge in [-0.05, 0) is 37.1 Å². The minimum atomic E-state index is -3.66. The summed E-state index contributed by atoms with van der Waals surface area (Å²) < 4.78 is 26.9. The topological polar surface area (TPSA) is 98.0 Å². The van der Waals surface area contributed by atoms with Crippen molar-refractivity contribution in [2.75, 3.05) is 10.5 Å². The van der Waals surface area contributed by atoms with Gasteiger partial charge in [0.15, 0.2) is 0 Å². The summed E-state index contributed by atoms with van der Waals surface area (Å²) in [5.41, 5.74) is 8.88. The van der Waals surface area contributed by atoms with Gasteiger partial charge in [-0.2, -0.15) is 0 Å². The molecule has 8 heteroatoms. The van der Waals surface area contributed by atoms with Crippen LogP contribution in [0.15, 0.2) is 22.5 Å². The Balaban J connectivity index is 2.48. The van der Waals surface area contributed by atoms with E-state index in [9.17, 15) is 8.42 Å². The molecule has 0 radical (unpaired) electrons. The maximum absolute atomic E-state index is 12.2. The highest BCUT2D eigenvalue weighted by atomic mass is 32.2. The van der Waals surface area contributed by atoms with E-state index in [1.807, 2.05) is 0 Å². The second-order valence-electron chi connectivity index (χ2n) is 3.83. The van der Waals surface area contributed by atoms with Crippen molar-refractivity contribution in [2.24, 2.45) is 0 Å². The number of rotatable bonds is 3. The third-order valence-corrected chi connectivity index (χ3v) is 4.71. The highest BCUT2D eigenvalue weighted by Gasteiger charge is 2.21. The monoisotopic (exact) mass is 284 g/mol. The molecule has 0 aliphatic rings. The van der Waals surface area contributed by atoms with Crippen molar-refractivity contribution in [3.8, 4) is 0 Å². The summed E-state index contributed by atoms with van der Waals surface area (Å²) in [6.45, 7) is 3.41. The van der Waals surface area contributed by atoms with Gasteiger partial charge in [0.25, 0.3) is 10.0 Å². The lowest BCUT2D eigenvalue weighted by molar-refractivity contribution is 0.600. The van der Waals surface area contributed by atoms with Crippen molar-refractivity contribution in [3.63, 3.8) is 0 Å². The molecule has 0 saturated heterocycles. The van der Waals surface area contributed by atoms with Gasteiger partial charge in [0.1, 0.15) is 5.51 Å². The minimum absolute atomic E-state index is 0.229. The summed E-state index contributed by atoms with van der Waals surface area (Å²) in [5.74, 6) is 0. The quantitative estimate of drug-likeness (QED) is 0.833. The molecule has 2 aromatic rings. The van der Waals surface area contributed by atoms with Crippen molar-refractivity contribution in [2.45, 2.75) is 18.7 Å². The van der Waals surface area contributed by atoms with Gasteiger partial charge in [-0.3, -0.25) is 4.72 Å². The first kappa shape index (κ1) is 12.8. The molecule has 0 aliphatic carbocycles. The van der Waals surface area contributed by atoms with Crippen molar-refractivity contribution >= 4 is 32.2 Å². The molecule has 0 spiro atoms. The number of sulfonamides is 1. The second-order valence-corrected chi connectivity index (χ2v) is 6.29. The Hall–Kier alpha value is -1.67. The first-order valence-electron chi connectivity index (χ1n) is 5.06. The van der Waals surface area contributed by atoms with Gasteiger partial charge in [0, 0.05) is 5.69 Å². The molecule has 0 amide bonds. The van der Waals surface area contributed by atoms with Gasteiger partial charge in [0.05, 0.1) is 4.90 Å². The highest BCUT2D eigenvalue weighted by molar-refractivity contribution is 7.93. The van der Waals surface area contributed by atoms with E-state index in [4.69, 9.17) is 5.73 Å². The van der Waals surface area contributed by atoms with Crippen molar-refractivity contribution in [1.82, 2.24) is 10.2 Å². The van der Waals surface area contributed by atoms with Crippen LogP contribution in [0.1, 0.15) is 11.1 Å². The number of hydrogen-bond acceptors (Lipinski definition) is 6. The predicted molar refractivity (Wildman–Crippen MR) is 71.0 cm³/mol. The Labute approximate surface area is 109 Å². The average Bonchev–Trinajstić information content (AvgIpc) is 2.66. The molecule has 1 aromatic carbocycles. The summed E-state index contributed by atoms with van der Waals surface area (Å²) in [7, 11) is -3.66. The molecule has 0 aliphatic heterocycles. The molecule has 3 N–H and O–H groups in total. The molecule has 0 saturated carbocycles. The summed E-state index contributed by atoms with van der Waals surface area (Å²) in [6.07, 6.45) is 0. The van der Waals surface area contributed by atoms with Crippen LogP contribution < -0.4 is 10.5 Å². The molecule has 0 fully saturated rings. The zero-order valence-corrected chi connectivity index (χ0v) is 11.5. The molecule has 96 valence electrons. The molecular weight excluding hydrogens is 272 g/mol. The van der Waals surface area contributed by atoms with Crippen LogP contribution in [-0.2, 0) is 10.0 Å². The number of nitrogens with one attached hydrogen (secondary N) is 1. The minimum Gasteiger partial charge on any atom is -0.399 e. The summed E-state index contributed by atoms with van der Waals surface area (Å²) >= 11 is 1.12. The number of hydrogen-bond donors (Lipinski definition) is 2. The van der Waals surface area contributed by atoms with E-state index in [1.54, 1.807) is 26.0 Å². The number of nitrogen functional groups attached to an aromatic ring is 1. The van der Waals surface area contributed by atoms with Crippen LogP contribution in [0.5, 0.6) is 0 Å². The van der Waals surface area contributed by atoms with E-state index < -0.39 is 10.0 Å². The SMILES string of the molecule is Cc1cc(N)cc(C)c1S(=O)(=O)Nc1nncs1. The van der Waals surface area contributed by atoms with Crippen LogP contribution in [0.3, 0.4) is 0 Å². The number of nitrogens with zero attached hydrogens (tertiary/aromatic N) is 2. The van der Waals surface area contributed by atoms with Crippen LogP contribution in [0.4, 0.5) is 10.8 Å². The number of aromatic nitrogens is 2. The third kappa shape index (κ3) is 2.44. The lowest BCUT2D eigenvalue weighted by atomic mass is 10.1. The maximum Gasteiger partial charge on any atom is 0.264 e. The lowest BCUT2D eigenvalue weighted by Crippen LogP contribution is -2.16. The summed E-state index contributed by atoms with van der Waals surface area (Å²) in [4.78, 5) is 0.229. The Morgan fingerprint density at radius 3 is 2.39 bits per heavy atom. The molecule has 6 nitrogen and oxygen atoms in total. The van der Waals surface area contributed by atoms with E-state index in [-0.39, 0.29) is 10.0 Å². The lowest BCUT2D eigenvalue weighted by Gasteiger charge is -2.11. The Morgan fingerprint density at radius 2 is 1.89 bits per heavy atom. The van der Waals surface area contributed by atoms with E-state index in [1.165, 1.54) is 5.51 Å². The fourth-order valence-electron chi connectivity index (χ4n) is 1.79. The third-order valence-electron chi connectivity index (χ3n) is 2.33. The van der Waals surface area contributed by atoms with Gasteiger partial charge in [0.2, 0.25) is 5.13 Å². The fourth-order valence-corrected chi connectivity index (χ4v) is 3.94. The number of anilines is 2. The van der Waals surface area contributed by atoms with Gasteiger partial charge in [-0.15, -0.1) is 10.2 Å². The van der Waals surface area contributed by atoms with Crippen molar-refractivity contribution in [1.29, 1.82) is 0 Å². The van der Waals surface area contributed by atoms with E-state index in [0.29, 0.717) is 16.8 Å². The van der Waals surface area contributed by atoms with Crippen LogP contribution in [-0.4, -0.2) is 18.6 Å². The smallest absolute Gasteiger partial charge is 0.264 e. The predicted octanol–water partition coefficient (Wildman–Crippen LogP) is 1.54. The molecule has 1 heterocycles. The maximum atomic E-state index is 12.2. The van der Waals surface area contributed by atoms with E-state index in [0.717, 1.165) is 11.3 Å². The highest BCUT2D eigenvalue weighted by Crippen LogP contribution is 2.25. The van der Waals surface area contributed by atoms with Crippen LogP contribution in [0, 0.1) is 13.8 Å². The van der Waals surface area contributed by atoms with E-state index >= 15 is 0 Å². The molecular formula is C10H12N4O2S2. The molecule has 0 atom stereocenters. The summed E-state index contributed by atoms with van der Waals surface area (Å²) in [5, 5.41) is 7.48. The Morgan fingerprint density at radius 1 is 1.28 bits per heavy atom. The number of nitrogens with two attached hydrogens (primary N) is 1. The van der Waals surface area contributed by atoms with Gasteiger partial charge >= 0.3 is 0 Å². The summed E-state index contributed by atoms with van der Waals surface area (Å²) in [6, 6.07) is 3.25. The largest absolute Gasteiger partial charge is 0.399 e. The zero-order chi connectivity index (χ0) is 13.3. The van der Waals surface area contributed by atoms with Crippen LogP contribution >= 0.6 is 11.3 Å². The van der Waals surface area contributed by atoms with Gasteiger partial charge in [-0.25, -0.2) is 8.42 Å². The van der Waals surface area contributed by atoms with Crippen LogP contribution in [0.25, 0.3) is 0 Å². The standard InChI is InChI=1S/C10H12N4O2S2/c1-6-3-8(11)4-7(2)9(6)18(15,16)14-10-13-12-5-17-10/h3-5H,11H2,1-2H3,(H,13,14). The molecule has 2 rings (SSSR count). The fraction of sp³-hybridized carbons (Fsp3) is 0.200. The molecule has 0 bridgehead atoms. The Bertz CT molecular complexity index is 642. The first-order valence-corrected chi connectivity index (χ1v) is 7.42. The van der Waals surface area contributed by atoms with Gasteiger partial charge in [-0.1, -0.05) is 11.3 Å². The molecule has 1 aromatic heterocycles. The number of aryl methyl sites for hydroxylation is 2. The van der Waals surface area contributed by atoms with Gasteiger partial charge < -0.3 is 5.73 Å². The average molecular weight is 284 g/mol. The normalized spacial score (nSPS) is 11.4. The first-order chi connectivity index (χ1) is 8.40. The zero-order valence-electron chi connectivity index (χ0n) is 9.84. The van der Waals surface area contributed by atoms with Crippen molar-refractivity contribution < 1.29 is 8.42 Å². The molecule has 18 heavy (non-hydrogen) atoms. The second kappa shape index (κ2) is 4.54. The Kier molecular flexibility index (Phi) is 3.22. The van der Waals surface area contributed by atoms with Crippen molar-refractivity contribution in [3.05, 3.63) is 28.8 Å². The number of benzene rings is 1. The van der Waals surface area contributed by atoms with Crippen LogP contribution in [0.2, 0.25) is 0 Å². The van der Waals surface area contributed by atoms with E-state index in [2.05, 4.69) is 14.9 Å².